The number of carboxylic acids is 1. The fraction of sp³-hybridized carbons (Fsp3) is 0.286. The molecule has 0 aliphatic rings. The largest absolute Gasteiger partial charge is 0.494 e. The van der Waals surface area contributed by atoms with Crippen LogP contribution < -0.4 is 9.47 Å². The van der Waals surface area contributed by atoms with E-state index < -0.39 is 11.9 Å². The molecule has 0 bridgehead atoms. The average molecular weight is 264 g/mol. The zero-order chi connectivity index (χ0) is 14.3. The monoisotopic (exact) mass is 264 g/mol. The molecule has 5 nitrogen and oxygen atoms in total. The van der Waals surface area contributed by atoms with Crippen LogP contribution in [0.1, 0.15) is 19.8 Å². The molecule has 5 heteroatoms. The van der Waals surface area contributed by atoms with Gasteiger partial charge in [-0.3, -0.25) is 4.79 Å². The first kappa shape index (κ1) is 14.8. The lowest BCUT2D eigenvalue weighted by atomic mass is 10.2. The smallest absolute Gasteiger partial charge is 0.330 e. The predicted molar refractivity (Wildman–Crippen MR) is 69.3 cm³/mol. The molecule has 0 radical (unpaired) electrons. The van der Waals surface area contributed by atoms with Crippen molar-refractivity contribution < 1.29 is 24.2 Å². The van der Waals surface area contributed by atoms with Crippen LogP contribution in [0.25, 0.3) is 0 Å². The van der Waals surface area contributed by atoms with Crippen LogP contribution in [-0.2, 0) is 9.59 Å². The van der Waals surface area contributed by atoms with E-state index in [0.717, 1.165) is 0 Å². The molecule has 19 heavy (non-hydrogen) atoms. The third-order valence-corrected chi connectivity index (χ3v) is 2.30. The van der Waals surface area contributed by atoms with Crippen molar-refractivity contribution in [2.75, 3.05) is 6.61 Å². The highest BCUT2D eigenvalue weighted by Crippen LogP contribution is 2.18. The molecule has 1 rings (SSSR count). The molecule has 1 aromatic carbocycles. The highest BCUT2D eigenvalue weighted by molar-refractivity contribution is 5.86. The minimum atomic E-state index is -1.10. The van der Waals surface area contributed by atoms with Gasteiger partial charge >= 0.3 is 11.9 Å². The molecule has 0 spiro atoms. The third kappa shape index (κ3) is 5.25. The van der Waals surface area contributed by atoms with Crippen LogP contribution in [0.5, 0.6) is 11.5 Å². The van der Waals surface area contributed by atoms with Crippen LogP contribution >= 0.6 is 0 Å². The number of aliphatic carboxylic acids is 1. The van der Waals surface area contributed by atoms with E-state index in [4.69, 9.17) is 14.6 Å². The Bertz CT molecular complexity index is 461. The summed E-state index contributed by atoms with van der Waals surface area (Å²) < 4.78 is 10.3. The molecular formula is C14H16O5. The summed E-state index contributed by atoms with van der Waals surface area (Å²) in [5, 5.41) is 8.60. The van der Waals surface area contributed by atoms with E-state index in [0.29, 0.717) is 18.1 Å². The standard InChI is InChI=1S/C14H16O5/c1-3-18-11-5-7-12(8-6-11)19-13(15)9-4-10(2)14(16)17/h5-8H,2-4,9H2,1H3,(H,16,17). The maximum Gasteiger partial charge on any atom is 0.330 e. The highest BCUT2D eigenvalue weighted by atomic mass is 16.5. The van der Waals surface area contributed by atoms with Crippen LogP contribution in [0.3, 0.4) is 0 Å². The van der Waals surface area contributed by atoms with Crippen molar-refractivity contribution in [1.29, 1.82) is 0 Å². The van der Waals surface area contributed by atoms with Gasteiger partial charge in [0.2, 0.25) is 0 Å². The number of carboxylic acid groups (broad SMARTS) is 1. The molecule has 0 saturated heterocycles. The Balaban J connectivity index is 2.44. The second-order valence-electron chi connectivity index (χ2n) is 3.79. The van der Waals surface area contributed by atoms with Gasteiger partial charge in [0.25, 0.3) is 0 Å². The van der Waals surface area contributed by atoms with Gasteiger partial charge in [-0.25, -0.2) is 4.79 Å². The minimum Gasteiger partial charge on any atom is -0.494 e. The zero-order valence-electron chi connectivity index (χ0n) is 10.7. The number of rotatable bonds is 7. The molecule has 1 N–H and O–H groups in total. The molecule has 102 valence electrons. The molecule has 0 heterocycles. The van der Waals surface area contributed by atoms with Gasteiger partial charge in [0.05, 0.1) is 13.0 Å². The van der Waals surface area contributed by atoms with Gasteiger partial charge in [0.1, 0.15) is 11.5 Å². The van der Waals surface area contributed by atoms with E-state index in [1.807, 2.05) is 6.92 Å². The molecule has 1 aromatic rings. The van der Waals surface area contributed by atoms with Crippen LogP contribution in [0, 0.1) is 0 Å². The van der Waals surface area contributed by atoms with Crippen molar-refractivity contribution in [3.05, 3.63) is 36.4 Å². The Kier molecular flexibility index (Phi) is 5.60. The fourth-order valence-electron chi connectivity index (χ4n) is 1.31. The maximum absolute atomic E-state index is 11.5. The Morgan fingerprint density at radius 2 is 1.74 bits per heavy atom. The van der Waals surface area contributed by atoms with Gasteiger partial charge in [0.15, 0.2) is 0 Å². The molecule has 0 unspecified atom stereocenters. The van der Waals surface area contributed by atoms with E-state index in [1.165, 1.54) is 0 Å². The van der Waals surface area contributed by atoms with E-state index in [-0.39, 0.29) is 18.4 Å². The predicted octanol–water partition coefficient (Wildman–Crippen LogP) is 2.41. The Morgan fingerprint density at radius 3 is 2.26 bits per heavy atom. The number of hydrogen-bond acceptors (Lipinski definition) is 4. The Morgan fingerprint density at radius 1 is 1.16 bits per heavy atom. The van der Waals surface area contributed by atoms with Crippen molar-refractivity contribution in [2.45, 2.75) is 19.8 Å². The van der Waals surface area contributed by atoms with Crippen molar-refractivity contribution in [1.82, 2.24) is 0 Å². The van der Waals surface area contributed by atoms with Crippen molar-refractivity contribution in [3.63, 3.8) is 0 Å². The molecule has 0 saturated carbocycles. The third-order valence-electron chi connectivity index (χ3n) is 2.30. The molecule has 0 atom stereocenters. The minimum absolute atomic E-state index is 0.0105. The second kappa shape index (κ2) is 7.20. The molecule has 0 aromatic heterocycles. The van der Waals surface area contributed by atoms with Crippen LogP contribution in [0.4, 0.5) is 0 Å². The van der Waals surface area contributed by atoms with Gasteiger partial charge < -0.3 is 14.6 Å². The lowest BCUT2D eigenvalue weighted by Gasteiger charge is -2.06. The van der Waals surface area contributed by atoms with Gasteiger partial charge in [-0.05, 0) is 37.6 Å². The summed E-state index contributed by atoms with van der Waals surface area (Å²) in [6.45, 7) is 5.79. The highest BCUT2D eigenvalue weighted by Gasteiger charge is 2.09. The van der Waals surface area contributed by atoms with Crippen molar-refractivity contribution >= 4 is 11.9 Å². The lowest BCUT2D eigenvalue weighted by molar-refractivity contribution is -0.134. The summed E-state index contributed by atoms with van der Waals surface area (Å²) in [5.41, 5.74) is -0.0105. The van der Waals surface area contributed by atoms with E-state index in [2.05, 4.69) is 6.58 Å². The van der Waals surface area contributed by atoms with Crippen LogP contribution in [0.15, 0.2) is 36.4 Å². The summed E-state index contributed by atoms with van der Waals surface area (Å²) in [6, 6.07) is 6.63. The Hall–Kier alpha value is -2.30. The quantitative estimate of drug-likeness (QED) is 0.465. The number of hydrogen-bond donors (Lipinski definition) is 1. The fourth-order valence-corrected chi connectivity index (χ4v) is 1.31. The molecule has 0 aliphatic carbocycles. The van der Waals surface area contributed by atoms with E-state index in [1.54, 1.807) is 24.3 Å². The number of esters is 1. The SMILES string of the molecule is C=C(CCC(=O)Oc1ccc(OCC)cc1)C(=O)O. The summed E-state index contributed by atoms with van der Waals surface area (Å²) in [4.78, 5) is 22.0. The van der Waals surface area contributed by atoms with E-state index >= 15 is 0 Å². The van der Waals surface area contributed by atoms with Gasteiger partial charge in [-0.1, -0.05) is 6.58 Å². The van der Waals surface area contributed by atoms with Crippen molar-refractivity contribution in [2.24, 2.45) is 0 Å². The molecule has 0 aliphatic heterocycles. The van der Waals surface area contributed by atoms with Crippen LogP contribution in [-0.4, -0.2) is 23.7 Å². The Labute approximate surface area is 111 Å². The zero-order valence-corrected chi connectivity index (χ0v) is 10.7. The van der Waals surface area contributed by atoms with E-state index in [9.17, 15) is 9.59 Å². The van der Waals surface area contributed by atoms with Gasteiger partial charge in [-0.15, -0.1) is 0 Å². The summed E-state index contributed by atoms with van der Waals surface area (Å²) in [6.07, 6.45) is 0.0591. The topological polar surface area (TPSA) is 72.8 Å². The first-order valence-electron chi connectivity index (χ1n) is 5.87. The second-order valence-corrected chi connectivity index (χ2v) is 3.79. The average Bonchev–Trinajstić information content (AvgIpc) is 2.38. The maximum atomic E-state index is 11.5. The molecule has 0 amide bonds. The number of carbonyl (C=O) groups excluding carboxylic acids is 1. The van der Waals surface area contributed by atoms with Gasteiger partial charge in [-0.2, -0.15) is 0 Å². The first-order chi connectivity index (χ1) is 9.02. The number of benzene rings is 1. The van der Waals surface area contributed by atoms with Gasteiger partial charge in [0, 0.05) is 5.57 Å². The van der Waals surface area contributed by atoms with Crippen LogP contribution in [0.2, 0.25) is 0 Å². The summed E-state index contributed by atoms with van der Waals surface area (Å²) in [5.74, 6) is -0.503. The number of ether oxygens (including phenoxy) is 2. The normalized spacial score (nSPS) is 9.74. The molecule has 0 fully saturated rings. The summed E-state index contributed by atoms with van der Waals surface area (Å²) in [7, 11) is 0. The summed E-state index contributed by atoms with van der Waals surface area (Å²) >= 11 is 0. The first-order valence-corrected chi connectivity index (χ1v) is 5.87. The lowest BCUT2D eigenvalue weighted by Crippen LogP contribution is -2.09. The van der Waals surface area contributed by atoms with Crippen molar-refractivity contribution in [3.8, 4) is 11.5 Å². The number of carbonyl (C=O) groups is 2. The molecular weight excluding hydrogens is 248 g/mol.